The number of aliphatic hydroxyl groups is 2. The van der Waals surface area contributed by atoms with Gasteiger partial charge in [-0.1, -0.05) is 109 Å². The van der Waals surface area contributed by atoms with Crippen molar-refractivity contribution in [3.8, 4) is 0 Å². The van der Waals surface area contributed by atoms with Gasteiger partial charge in [-0.2, -0.15) is 8.42 Å². The fourth-order valence-electron chi connectivity index (χ4n) is 5.22. The first-order valence-corrected chi connectivity index (χ1v) is 15.0. The number of hydrogen-bond acceptors (Lipinski definition) is 8. The number of benzene rings is 4. The van der Waals surface area contributed by atoms with Gasteiger partial charge in [0, 0.05) is 7.11 Å². The van der Waals surface area contributed by atoms with E-state index in [9.17, 15) is 18.6 Å². The van der Waals surface area contributed by atoms with E-state index in [-0.39, 0.29) is 11.5 Å². The third-order valence-electron chi connectivity index (χ3n) is 7.43. The highest BCUT2D eigenvalue weighted by Crippen LogP contribution is 2.41. The van der Waals surface area contributed by atoms with E-state index in [0.29, 0.717) is 0 Å². The maximum Gasteiger partial charge on any atom is 0.297 e. The number of rotatable bonds is 10. The topological polar surface area (TPSA) is 112 Å². The lowest BCUT2D eigenvalue weighted by molar-refractivity contribution is -0.293. The number of hydrogen-bond donors (Lipinski definition) is 2. The lowest BCUT2D eigenvalue weighted by Gasteiger charge is -2.43. The molecule has 0 bridgehead atoms. The van der Waals surface area contributed by atoms with E-state index in [2.05, 4.69) is 0 Å². The Bertz CT molecular complexity index is 1430. The van der Waals surface area contributed by atoms with Crippen LogP contribution in [0.4, 0.5) is 0 Å². The van der Waals surface area contributed by atoms with Crippen LogP contribution in [0.1, 0.15) is 22.3 Å². The van der Waals surface area contributed by atoms with Gasteiger partial charge in [0.2, 0.25) is 0 Å². The first kappa shape index (κ1) is 30.1. The molecule has 2 N–H and O–H groups in total. The average Bonchev–Trinajstić information content (AvgIpc) is 3.02. The second-order valence-corrected chi connectivity index (χ2v) is 11.8. The normalized spacial score (nSPS) is 23.0. The first-order valence-electron chi connectivity index (χ1n) is 13.6. The molecular weight excluding hydrogens is 556 g/mol. The molecule has 9 heteroatoms. The van der Waals surface area contributed by atoms with E-state index < -0.39 is 46.4 Å². The van der Waals surface area contributed by atoms with Gasteiger partial charge in [0.15, 0.2) is 12.4 Å². The summed E-state index contributed by atoms with van der Waals surface area (Å²) in [5, 5.41) is 22.2. The SMILES string of the molecule is CO[C@H]1O[C@H](COC(c2ccccc2)(c2ccccc2)c2ccccc2)[C@@H](O)[C@H](O)[C@@H]1OS(=O)(=O)c1ccc(C)cc1. The monoisotopic (exact) mass is 590 g/mol. The summed E-state index contributed by atoms with van der Waals surface area (Å²) in [7, 11) is -2.99. The average molecular weight is 591 g/mol. The summed E-state index contributed by atoms with van der Waals surface area (Å²) in [6.45, 7) is 1.66. The van der Waals surface area contributed by atoms with E-state index in [0.717, 1.165) is 22.3 Å². The van der Waals surface area contributed by atoms with Crippen LogP contribution in [0.3, 0.4) is 0 Å². The Morgan fingerprint density at radius 3 is 1.67 bits per heavy atom. The van der Waals surface area contributed by atoms with Gasteiger partial charge in [0.05, 0.1) is 11.5 Å². The minimum absolute atomic E-state index is 0.0894. The van der Waals surface area contributed by atoms with Gasteiger partial charge in [-0.25, -0.2) is 0 Å². The smallest absolute Gasteiger partial charge is 0.297 e. The predicted octanol–water partition coefficient (Wildman–Crippen LogP) is 4.17. The second-order valence-electron chi connectivity index (χ2n) is 10.2. The van der Waals surface area contributed by atoms with Crippen molar-refractivity contribution in [2.75, 3.05) is 13.7 Å². The molecule has 1 saturated heterocycles. The van der Waals surface area contributed by atoms with Crippen LogP contribution in [0.15, 0.2) is 120 Å². The first-order chi connectivity index (χ1) is 20.3. The van der Waals surface area contributed by atoms with Gasteiger partial charge in [0.1, 0.15) is 23.9 Å². The summed E-state index contributed by atoms with van der Waals surface area (Å²) >= 11 is 0. The van der Waals surface area contributed by atoms with Crippen molar-refractivity contribution < 1.29 is 37.0 Å². The van der Waals surface area contributed by atoms with E-state index in [1.165, 1.54) is 19.2 Å². The van der Waals surface area contributed by atoms with Gasteiger partial charge in [-0.3, -0.25) is 4.18 Å². The number of aliphatic hydroxyl groups excluding tert-OH is 2. The van der Waals surface area contributed by atoms with Crippen molar-refractivity contribution in [3.05, 3.63) is 138 Å². The van der Waals surface area contributed by atoms with Crippen LogP contribution < -0.4 is 0 Å². The van der Waals surface area contributed by atoms with Crippen LogP contribution in [0.2, 0.25) is 0 Å². The summed E-state index contributed by atoms with van der Waals surface area (Å²) in [6, 6.07) is 35.2. The molecule has 1 fully saturated rings. The molecule has 1 aliphatic heterocycles. The lowest BCUT2D eigenvalue weighted by atomic mass is 9.80. The third kappa shape index (κ3) is 6.04. The van der Waals surface area contributed by atoms with E-state index >= 15 is 0 Å². The maximum atomic E-state index is 13.0. The minimum Gasteiger partial charge on any atom is -0.387 e. The summed E-state index contributed by atoms with van der Waals surface area (Å²) in [4.78, 5) is -0.0894. The molecule has 8 nitrogen and oxygen atoms in total. The summed E-state index contributed by atoms with van der Waals surface area (Å²) in [5.74, 6) is 0. The largest absolute Gasteiger partial charge is 0.387 e. The molecule has 0 amide bonds. The van der Waals surface area contributed by atoms with Crippen molar-refractivity contribution in [2.45, 2.75) is 48.1 Å². The van der Waals surface area contributed by atoms with E-state index in [4.69, 9.17) is 18.4 Å². The van der Waals surface area contributed by atoms with Crippen LogP contribution in [0.5, 0.6) is 0 Å². The van der Waals surface area contributed by atoms with Gasteiger partial charge < -0.3 is 24.4 Å². The number of methoxy groups -OCH3 is 1. The predicted molar refractivity (Wildman–Crippen MR) is 156 cm³/mol. The quantitative estimate of drug-likeness (QED) is 0.209. The zero-order chi connectivity index (χ0) is 29.7. The van der Waals surface area contributed by atoms with Crippen molar-refractivity contribution in [1.82, 2.24) is 0 Å². The second kappa shape index (κ2) is 12.8. The highest BCUT2D eigenvalue weighted by molar-refractivity contribution is 7.86. The zero-order valence-corrected chi connectivity index (χ0v) is 24.1. The van der Waals surface area contributed by atoms with Crippen molar-refractivity contribution in [3.63, 3.8) is 0 Å². The Balaban J connectivity index is 1.44. The van der Waals surface area contributed by atoms with Gasteiger partial charge in [0.25, 0.3) is 10.1 Å². The minimum atomic E-state index is -4.30. The molecule has 1 heterocycles. The van der Waals surface area contributed by atoms with Crippen molar-refractivity contribution >= 4 is 10.1 Å². The van der Waals surface area contributed by atoms with E-state index in [1.54, 1.807) is 12.1 Å². The number of aryl methyl sites for hydroxylation is 1. The lowest BCUT2D eigenvalue weighted by Crippen LogP contribution is -2.60. The molecule has 4 aromatic carbocycles. The highest BCUT2D eigenvalue weighted by atomic mass is 32.2. The molecule has 5 atom stereocenters. The maximum absolute atomic E-state index is 13.0. The molecule has 0 spiro atoms. The molecule has 0 aromatic heterocycles. The Labute approximate surface area is 246 Å². The Morgan fingerprint density at radius 1 is 0.738 bits per heavy atom. The third-order valence-corrected chi connectivity index (χ3v) is 8.75. The Morgan fingerprint density at radius 2 is 1.21 bits per heavy atom. The van der Waals surface area contributed by atoms with Gasteiger partial charge in [-0.05, 0) is 35.7 Å². The van der Waals surface area contributed by atoms with Crippen LogP contribution in [0.25, 0.3) is 0 Å². The Kier molecular flexibility index (Phi) is 9.19. The molecule has 5 rings (SSSR count). The van der Waals surface area contributed by atoms with Gasteiger partial charge >= 0.3 is 0 Å². The highest BCUT2D eigenvalue weighted by Gasteiger charge is 2.49. The van der Waals surface area contributed by atoms with Crippen LogP contribution in [-0.2, 0) is 34.1 Å². The zero-order valence-electron chi connectivity index (χ0n) is 23.3. The fourth-order valence-corrected chi connectivity index (χ4v) is 6.30. The standard InChI is InChI=1S/C33H34O8S/c1-23-18-20-27(21-19-23)42(36,37)41-31-30(35)29(34)28(40-32(31)38-2)22-39-33(24-12-6-3-7-13-24,25-14-8-4-9-15-25)26-16-10-5-11-17-26/h3-21,28-32,34-35H,22H2,1-2H3/t28-,29-,30+,31+,32+/m1/s1. The van der Waals surface area contributed by atoms with Crippen LogP contribution in [0, 0.1) is 6.92 Å². The molecule has 0 unspecified atom stereocenters. The summed E-state index contributed by atoms with van der Waals surface area (Å²) < 4.78 is 49.5. The molecule has 0 aliphatic carbocycles. The summed E-state index contributed by atoms with van der Waals surface area (Å²) in [5.41, 5.74) is 2.33. The molecule has 0 saturated carbocycles. The Hall–Kier alpha value is -3.41. The molecule has 4 aromatic rings. The molecule has 0 radical (unpaired) electrons. The van der Waals surface area contributed by atoms with Crippen molar-refractivity contribution in [2.24, 2.45) is 0 Å². The fraction of sp³-hybridized carbons (Fsp3) is 0.273. The molecule has 42 heavy (non-hydrogen) atoms. The van der Waals surface area contributed by atoms with Gasteiger partial charge in [-0.15, -0.1) is 0 Å². The summed E-state index contributed by atoms with van der Waals surface area (Å²) in [6.07, 6.45) is -7.11. The van der Waals surface area contributed by atoms with E-state index in [1.807, 2.05) is 97.9 Å². The molecule has 1 aliphatic rings. The molecule has 220 valence electrons. The molecular formula is C33H34O8S. The number of ether oxygens (including phenoxy) is 3. The van der Waals surface area contributed by atoms with Crippen LogP contribution >= 0.6 is 0 Å². The van der Waals surface area contributed by atoms with Crippen molar-refractivity contribution in [1.29, 1.82) is 0 Å². The van der Waals surface area contributed by atoms with Crippen LogP contribution in [-0.4, -0.2) is 63.1 Å².